The van der Waals surface area contributed by atoms with Crippen LogP contribution in [0.1, 0.15) is 12.0 Å². The summed E-state index contributed by atoms with van der Waals surface area (Å²) in [5.41, 5.74) is -1.87. The highest BCUT2D eigenvalue weighted by atomic mass is 79.9. The zero-order valence-corrected chi connectivity index (χ0v) is 7.16. The number of rotatable bonds is 1. The molecular weight excluding hydrogens is 239 g/mol. The summed E-state index contributed by atoms with van der Waals surface area (Å²) < 4.78 is 36.2. The van der Waals surface area contributed by atoms with Crippen molar-refractivity contribution in [3.05, 3.63) is 32.4 Å². The van der Waals surface area contributed by atoms with Crippen molar-refractivity contribution in [2.75, 3.05) is 0 Å². The number of aromatic amines is 1. The molecule has 0 radical (unpaired) electrons. The third-order valence-electron chi connectivity index (χ3n) is 1.24. The van der Waals surface area contributed by atoms with Crippen LogP contribution in [-0.4, -0.2) is 4.98 Å². The molecule has 0 aromatic carbocycles. The summed E-state index contributed by atoms with van der Waals surface area (Å²) in [6.07, 6.45) is -2.27. The van der Waals surface area contributed by atoms with Crippen LogP contribution in [0.5, 0.6) is 0 Å². The smallest absolute Gasteiger partial charge is 0.270 e. The standard InChI is InChI=1S/C6H3BrF3NO/c7-4-2(8)1-11-6(12)3(4)5(9)10/h1,5H,(H,11,12). The van der Waals surface area contributed by atoms with Crippen molar-refractivity contribution >= 4 is 15.9 Å². The Balaban J connectivity index is 3.43. The summed E-state index contributed by atoms with van der Waals surface area (Å²) in [4.78, 5) is 12.6. The van der Waals surface area contributed by atoms with Gasteiger partial charge in [-0.1, -0.05) is 0 Å². The van der Waals surface area contributed by atoms with Crippen LogP contribution in [0.3, 0.4) is 0 Å². The molecule has 1 aromatic heterocycles. The minimum absolute atomic E-state index is 0.485. The number of H-pyrrole nitrogens is 1. The molecule has 0 amide bonds. The van der Waals surface area contributed by atoms with Gasteiger partial charge in [-0.2, -0.15) is 0 Å². The molecule has 1 heterocycles. The topological polar surface area (TPSA) is 32.9 Å². The predicted molar refractivity (Wildman–Crippen MR) is 39.7 cm³/mol. The van der Waals surface area contributed by atoms with Gasteiger partial charge in [-0.25, -0.2) is 13.2 Å². The number of hydrogen-bond donors (Lipinski definition) is 1. The summed E-state index contributed by atoms with van der Waals surface area (Å²) in [6.45, 7) is 0. The summed E-state index contributed by atoms with van der Waals surface area (Å²) >= 11 is 2.56. The second kappa shape index (κ2) is 3.30. The number of hydrogen-bond acceptors (Lipinski definition) is 1. The van der Waals surface area contributed by atoms with Gasteiger partial charge in [-0.15, -0.1) is 0 Å². The van der Waals surface area contributed by atoms with Crippen molar-refractivity contribution in [3.63, 3.8) is 0 Å². The average Bonchev–Trinajstić information content (AvgIpc) is 1.97. The maximum absolute atomic E-state index is 12.6. The van der Waals surface area contributed by atoms with Crippen LogP contribution >= 0.6 is 15.9 Å². The molecule has 6 heteroatoms. The van der Waals surface area contributed by atoms with Gasteiger partial charge in [0.25, 0.3) is 12.0 Å². The molecule has 0 saturated carbocycles. The number of alkyl halides is 2. The van der Waals surface area contributed by atoms with E-state index < -0.39 is 27.8 Å². The second-order valence-corrected chi connectivity index (χ2v) is 2.79. The molecule has 12 heavy (non-hydrogen) atoms. The summed E-state index contributed by atoms with van der Waals surface area (Å²) in [7, 11) is 0. The van der Waals surface area contributed by atoms with E-state index in [1.807, 2.05) is 4.98 Å². The van der Waals surface area contributed by atoms with Gasteiger partial charge in [0.05, 0.1) is 4.47 Å². The van der Waals surface area contributed by atoms with Crippen LogP contribution in [0, 0.1) is 5.82 Å². The van der Waals surface area contributed by atoms with Gasteiger partial charge in [0.15, 0.2) is 5.82 Å². The van der Waals surface area contributed by atoms with Crippen LogP contribution in [0.2, 0.25) is 0 Å². The molecule has 0 spiro atoms. The monoisotopic (exact) mass is 241 g/mol. The minimum atomic E-state index is -2.99. The quantitative estimate of drug-likeness (QED) is 0.804. The first-order valence-corrected chi connectivity index (χ1v) is 3.68. The first-order valence-electron chi connectivity index (χ1n) is 2.88. The van der Waals surface area contributed by atoms with Gasteiger partial charge < -0.3 is 4.98 Å². The van der Waals surface area contributed by atoms with E-state index in [2.05, 4.69) is 15.9 Å². The fourth-order valence-corrected chi connectivity index (χ4v) is 1.16. The number of nitrogens with one attached hydrogen (secondary N) is 1. The lowest BCUT2D eigenvalue weighted by Crippen LogP contribution is -2.14. The summed E-state index contributed by atoms with van der Waals surface area (Å²) in [5, 5.41) is 0. The van der Waals surface area contributed by atoms with Gasteiger partial charge in [0.1, 0.15) is 5.56 Å². The zero-order chi connectivity index (χ0) is 9.30. The van der Waals surface area contributed by atoms with E-state index in [-0.39, 0.29) is 0 Å². The molecule has 1 aromatic rings. The second-order valence-electron chi connectivity index (χ2n) is 1.99. The van der Waals surface area contributed by atoms with Gasteiger partial charge in [0, 0.05) is 6.20 Å². The largest absolute Gasteiger partial charge is 0.326 e. The Morgan fingerprint density at radius 3 is 2.50 bits per heavy atom. The SMILES string of the molecule is O=c1[nH]cc(F)c(Br)c1C(F)F. The molecule has 0 unspecified atom stereocenters. The molecule has 0 fully saturated rings. The van der Waals surface area contributed by atoms with Crippen molar-refractivity contribution in [1.82, 2.24) is 4.98 Å². The van der Waals surface area contributed by atoms with Crippen molar-refractivity contribution in [2.45, 2.75) is 6.43 Å². The molecular formula is C6H3BrF3NO. The molecule has 1 N–H and O–H groups in total. The molecule has 0 aliphatic heterocycles. The Hall–Kier alpha value is -0.780. The fourth-order valence-electron chi connectivity index (χ4n) is 0.693. The van der Waals surface area contributed by atoms with Crippen LogP contribution < -0.4 is 5.56 Å². The van der Waals surface area contributed by atoms with Gasteiger partial charge in [-0.3, -0.25) is 4.79 Å². The Morgan fingerprint density at radius 2 is 2.08 bits per heavy atom. The fraction of sp³-hybridized carbons (Fsp3) is 0.167. The van der Waals surface area contributed by atoms with E-state index in [1.165, 1.54) is 0 Å². The normalized spacial score (nSPS) is 10.8. The molecule has 1 rings (SSSR count). The highest BCUT2D eigenvalue weighted by Gasteiger charge is 2.18. The minimum Gasteiger partial charge on any atom is -0.326 e. The van der Waals surface area contributed by atoms with Crippen LogP contribution in [0.25, 0.3) is 0 Å². The Bertz CT molecular complexity index is 349. The van der Waals surface area contributed by atoms with E-state index in [0.29, 0.717) is 0 Å². The third-order valence-corrected chi connectivity index (χ3v) is 2.04. The lowest BCUT2D eigenvalue weighted by Gasteiger charge is -2.01. The number of aromatic nitrogens is 1. The molecule has 0 atom stereocenters. The molecule has 66 valence electrons. The van der Waals surface area contributed by atoms with E-state index in [4.69, 9.17) is 0 Å². The van der Waals surface area contributed by atoms with Crippen molar-refractivity contribution in [3.8, 4) is 0 Å². The Morgan fingerprint density at radius 1 is 1.50 bits per heavy atom. The Kier molecular flexibility index (Phi) is 2.56. The van der Waals surface area contributed by atoms with Gasteiger partial charge in [-0.05, 0) is 15.9 Å². The van der Waals surface area contributed by atoms with E-state index in [9.17, 15) is 18.0 Å². The van der Waals surface area contributed by atoms with E-state index >= 15 is 0 Å². The van der Waals surface area contributed by atoms with Crippen molar-refractivity contribution in [2.24, 2.45) is 0 Å². The summed E-state index contributed by atoms with van der Waals surface area (Å²) in [6, 6.07) is 0. The van der Waals surface area contributed by atoms with Crippen LogP contribution in [0.15, 0.2) is 15.5 Å². The molecule has 2 nitrogen and oxygen atoms in total. The van der Waals surface area contributed by atoms with E-state index in [0.717, 1.165) is 6.20 Å². The number of pyridine rings is 1. The first-order chi connectivity index (χ1) is 5.54. The first kappa shape index (κ1) is 9.31. The van der Waals surface area contributed by atoms with Crippen LogP contribution in [0.4, 0.5) is 13.2 Å². The molecule has 0 saturated heterocycles. The predicted octanol–water partition coefficient (Wildman–Crippen LogP) is 2.21. The highest BCUT2D eigenvalue weighted by molar-refractivity contribution is 9.10. The van der Waals surface area contributed by atoms with Crippen LogP contribution in [-0.2, 0) is 0 Å². The molecule has 0 aliphatic rings. The summed E-state index contributed by atoms with van der Waals surface area (Å²) in [5.74, 6) is -0.912. The third kappa shape index (κ3) is 1.52. The Labute approximate surface area is 73.5 Å². The van der Waals surface area contributed by atoms with Gasteiger partial charge >= 0.3 is 0 Å². The maximum atomic E-state index is 12.6. The van der Waals surface area contributed by atoms with Crippen molar-refractivity contribution < 1.29 is 13.2 Å². The van der Waals surface area contributed by atoms with Gasteiger partial charge in [0.2, 0.25) is 0 Å². The van der Waals surface area contributed by atoms with Crippen molar-refractivity contribution in [1.29, 1.82) is 0 Å². The number of halogens is 4. The molecule has 0 aliphatic carbocycles. The molecule has 0 bridgehead atoms. The highest BCUT2D eigenvalue weighted by Crippen LogP contribution is 2.25. The lowest BCUT2D eigenvalue weighted by atomic mass is 10.3. The lowest BCUT2D eigenvalue weighted by molar-refractivity contribution is 0.148. The maximum Gasteiger partial charge on any atom is 0.270 e. The average molecular weight is 242 g/mol. The zero-order valence-electron chi connectivity index (χ0n) is 5.57. The van der Waals surface area contributed by atoms with E-state index in [1.54, 1.807) is 0 Å².